The van der Waals surface area contributed by atoms with Gasteiger partial charge in [-0.1, -0.05) is 12.1 Å². The van der Waals surface area contributed by atoms with Crippen molar-refractivity contribution in [1.29, 1.82) is 0 Å². The van der Waals surface area contributed by atoms with Gasteiger partial charge in [0.05, 0.1) is 17.8 Å². The summed E-state index contributed by atoms with van der Waals surface area (Å²) in [5.74, 6) is -3.71. The van der Waals surface area contributed by atoms with E-state index in [1.807, 2.05) is 0 Å². The average Bonchev–Trinajstić information content (AvgIpc) is 3.32. The van der Waals surface area contributed by atoms with E-state index in [9.17, 15) is 18.8 Å². The van der Waals surface area contributed by atoms with Crippen LogP contribution < -0.4 is 9.80 Å². The minimum Gasteiger partial charge on any atom is -0.272 e. The summed E-state index contributed by atoms with van der Waals surface area (Å²) in [6.07, 6.45) is 6.30. The van der Waals surface area contributed by atoms with Gasteiger partial charge in [0, 0.05) is 22.9 Å². The zero-order valence-electron chi connectivity index (χ0n) is 18.0. The van der Waals surface area contributed by atoms with Crippen LogP contribution in [-0.2, 0) is 16.1 Å². The first-order chi connectivity index (χ1) is 16.2. The SMILES string of the molecule is CS(C)(C1=NC(=O)C(=O)N1c1cc(F)c2c(c1)C(=O)N(c1ncccn1)C2)c1ccccc1F. The molecule has 3 aromatic rings. The number of anilines is 2. The molecule has 3 amide bonds. The highest BCUT2D eigenvalue weighted by Crippen LogP contribution is 2.54. The number of nitrogens with zero attached hydrogens (tertiary/aromatic N) is 5. The van der Waals surface area contributed by atoms with E-state index in [0.29, 0.717) is 0 Å². The molecule has 0 atom stereocenters. The smallest absolute Gasteiger partial charge is 0.272 e. The number of benzene rings is 2. The molecular weight excluding hydrogens is 464 g/mol. The van der Waals surface area contributed by atoms with Crippen molar-refractivity contribution >= 4 is 44.6 Å². The quantitative estimate of drug-likeness (QED) is 0.535. The Morgan fingerprint density at radius 3 is 2.32 bits per heavy atom. The fourth-order valence-corrected chi connectivity index (χ4v) is 6.09. The van der Waals surface area contributed by atoms with Crippen molar-refractivity contribution in [2.45, 2.75) is 11.4 Å². The molecule has 172 valence electrons. The van der Waals surface area contributed by atoms with Crippen molar-refractivity contribution in [1.82, 2.24) is 9.97 Å². The summed E-state index contributed by atoms with van der Waals surface area (Å²) >= 11 is 0. The summed E-state index contributed by atoms with van der Waals surface area (Å²) in [6, 6.07) is 10.0. The second-order valence-electron chi connectivity index (χ2n) is 7.99. The fourth-order valence-electron chi connectivity index (χ4n) is 3.96. The zero-order valence-corrected chi connectivity index (χ0v) is 18.8. The maximum atomic E-state index is 15.2. The molecule has 8 nitrogen and oxygen atoms in total. The number of amides is 3. The molecule has 3 heterocycles. The molecule has 2 aliphatic heterocycles. The van der Waals surface area contributed by atoms with Gasteiger partial charge in [-0.2, -0.15) is 15.0 Å². The highest BCUT2D eigenvalue weighted by Gasteiger charge is 2.43. The first-order valence-corrected chi connectivity index (χ1v) is 12.5. The predicted molar refractivity (Wildman–Crippen MR) is 123 cm³/mol. The van der Waals surface area contributed by atoms with E-state index in [1.165, 1.54) is 35.5 Å². The Kier molecular flexibility index (Phi) is 5.01. The number of carbonyl (C=O) groups is 3. The Hall–Kier alpha value is -3.99. The number of carbonyl (C=O) groups excluding carboxylic acids is 3. The molecule has 0 aliphatic carbocycles. The van der Waals surface area contributed by atoms with Crippen molar-refractivity contribution in [3.8, 4) is 0 Å². The zero-order chi connectivity index (χ0) is 24.2. The van der Waals surface area contributed by atoms with Crippen molar-refractivity contribution in [2.75, 3.05) is 22.3 Å². The van der Waals surface area contributed by atoms with Crippen LogP contribution in [0.1, 0.15) is 15.9 Å². The van der Waals surface area contributed by atoms with E-state index in [-0.39, 0.29) is 39.4 Å². The van der Waals surface area contributed by atoms with Crippen molar-refractivity contribution in [3.63, 3.8) is 0 Å². The lowest BCUT2D eigenvalue weighted by Gasteiger charge is -2.35. The minimum atomic E-state index is -2.31. The monoisotopic (exact) mass is 481 g/mol. The van der Waals surface area contributed by atoms with Gasteiger partial charge in [0.2, 0.25) is 5.95 Å². The van der Waals surface area contributed by atoms with Crippen LogP contribution in [-0.4, -0.2) is 45.4 Å². The highest BCUT2D eigenvalue weighted by molar-refractivity contribution is 8.44. The average molecular weight is 481 g/mol. The summed E-state index contributed by atoms with van der Waals surface area (Å²) in [5, 5.41) is 0.0145. The maximum absolute atomic E-state index is 15.2. The van der Waals surface area contributed by atoms with Gasteiger partial charge in [0.15, 0.2) is 5.17 Å². The molecule has 5 rings (SSSR count). The summed E-state index contributed by atoms with van der Waals surface area (Å²) < 4.78 is 29.8. The van der Waals surface area contributed by atoms with E-state index in [1.54, 1.807) is 30.7 Å². The number of aromatic nitrogens is 2. The molecule has 0 N–H and O–H groups in total. The third kappa shape index (κ3) is 3.27. The number of halogens is 2. The molecule has 0 unspecified atom stereocenters. The molecule has 2 aromatic carbocycles. The van der Waals surface area contributed by atoms with Gasteiger partial charge >= 0.3 is 11.8 Å². The Balaban J connectivity index is 1.59. The van der Waals surface area contributed by atoms with Crippen LogP contribution in [0.15, 0.2) is 64.7 Å². The Bertz CT molecular complexity index is 1410. The summed E-state index contributed by atoms with van der Waals surface area (Å²) in [4.78, 5) is 52.6. The van der Waals surface area contributed by atoms with E-state index in [4.69, 9.17) is 0 Å². The van der Waals surface area contributed by atoms with Gasteiger partial charge in [0.25, 0.3) is 5.91 Å². The number of amidine groups is 1. The molecule has 0 radical (unpaired) electrons. The standard InChI is InChI=1S/C23H17F2N5O3S/c1-34(2,18-7-4-3-6-16(18)24)23-28-19(31)21(33)30(23)13-10-14-15(17(25)11-13)12-29(20(14)32)22-26-8-5-9-27-22/h3-11H,12H2,1-2H3. The fraction of sp³-hybridized carbons (Fsp3) is 0.130. The molecule has 1 aromatic heterocycles. The van der Waals surface area contributed by atoms with Gasteiger partial charge in [-0.15, -0.1) is 0 Å². The van der Waals surface area contributed by atoms with E-state index < -0.39 is 39.4 Å². The normalized spacial score (nSPS) is 16.2. The van der Waals surface area contributed by atoms with Crippen LogP contribution in [0.25, 0.3) is 0 Å². The van der Waals surface area contributed by atoms with Crippen molar-refractivity contribution in [2.24, 2.45) is 4.99 Å². The highest BCUT2D eigenvalue weighted by atomic mass is 32.3. The van der Waals surface area contributed by atoms with Gasteiger partial charge in [-0.25, -0.2) is 18.7 Å². The number of hydrogen-bond acceptors (Lipinski definition) is 5. The Morgan fingerprint density at radius 2 is 1.62 bits per heavy atom. The molecule has 0 bridgehead atoms. The molecule has 2 aliphatic rings. The topological polar surface area (TPSA) is 95.8 Å². The van der Waals surface area contributed by atoms with Crippen molar-refractivity contribution in [3.05, 3.63) is 77.6 Å². The molecule has 0 spiro atoms. The summed E-state index contributed by atoms with van der Waals surface area (Å²) in [5.41, 5.74) is 0.109. The minimum absolute atomic E-state index is 0.0145. The van der Waals surface area contributed by atoms with Gasteiger partial charge in [-0.05, 0) is 42.8 Å². The molecule has 11 heteroatoms. The second-order valence-corrected chi connectivity index (χ2v) is 11.4. The van der Waals surface area contributed by atoms with E-state index in [0.717, 1.165) is 11.0 Å². The number of fused-ring (bicyclic) bond motifs is 1. The van der Waals surface area contributed by atoms with Crippen LogP contribution in [0.4, 0.5) is 20.4 Å². The molecule has 0 fully saturated rings. The van der Waals surface area contributed by atoms with Crippen LogP contribution in [0.5, 0.6) is 0 Å². The van der Waals surface area contributed by atoms with Crippen LogP contribution in [0, 0.1) is 11.6 Å². The van der Waals surface area contributed by atoms with Gasteiger partial charge in [0.1, 0.15) is 11.6 Å². The molecular formula is C23H17F2N5O3S. The second kappa shape index (κ2) is 7.80. The third-order valence-corrected chi connectivity index (χ3v) is 8.26. The lowest BCUT2D eigenvalue weighted by atomic mass is 10.1. The van der Waals surface area contributed by atoms with Gasteiger partial charge < -0.3 is 0 Å². The summed E-state index contributed by atoms with van der Waals surface area (Å²) in [7, 11) is -2.31. The predicted octanol–water partition coefficient (Wildman–Crippen LogP) is 3.27. The lowest BCUT2D eigenvalue weighted by molar-refractivity contribution is -0.134. The first-order valence-electron chi connectivity index (χ1n) is 10.1. The van der Waals surface area contributed by atoms with E-state index in [2.05, 4.69) is 15.0 Å². The first kappa shape index (κ1) is 21.8. The van der Waals surface area contributed by atoms with E-state index >= 15 is 4.39 Å². The summed E-state index contributed by atoms with van der Waals surface area (Å²) in [6.45, 7) is -0.0793. The lowest BCUT2D eigenvalue weighted by Crippen LogP contribution is -2.36. The number of hydrogen-bond donors (Lipinski definition) is 0. The third-order valence-electron chi connectivity index (χ3n) is 5.64. The molecule has 0 saturated carbocycles. The van der Waals surface area contributed by atoms with Gasteiger partial charge in [-0.3, -0.25) is 24.2 Å². The maximum Gasteiger partial charge on any atom is 0.338 e. The Labute approximate surface area is 194 Å². The van der Waals surface area contributed by atoms with Crippen molar-refractivity contribution < 1.29 is 23.2 Å². The molecule has 0 saturated heterocycles. The van der Waals surface area contributed by atoms with Crippen LogP contribution in [0.3, 0.4) is 0 Å². The van der Waals surface area contributed by atoms with Crippen LogP contribution >= 0.6 is 10.0 Å². The Morgan fingerprint density at radius 1 is 0.912 bits per heavy atom. The van der Waals surface area contributed by atoms with Crippen LogP contribution in [0.2, 0.25) is 0 Å². The number of rotatable bonds is 3. The largest absolute Gasteiger partial charge is 0.338 e. The number of aliphatic imine (C=N–C) groups is 1. The molecule has 34 heavy (non-hydrogen) atoms.